The van der Waals surface area contributed by atoms with Gasteiger partial charge in [-0.2, -0.15) is 0 Å². The fraction of sp³-hybridized carbons (Fsp3) is 0. The second-order valence-corrected chi connectivity index (χ2v) is 14.8. The van der Waals surface area contributed by atoms with Crippen LogP contribution in [0.4, 0.5) is 0 Å². The van der Waals surface area contributed by atoms with Crippen LogP contribution in [-0.2, 0) is 0 Å². The minimum Gasteiger partial charge on any atom is -0.309 e. The van der Waals surface area contributed by atoms with Gasteiger partial charge in [-0.25, -0.2) is 4.98 Å². The summed E-state index contributed by atoms with van der Waals surface area (Å²) in [5.74, 6) is 0.891. The highest BCUT2D eigenvalue weighted by atomic mass is 15.1. The van der Waals surface area contributed by atoms with Gasteiger partial charge in [-0.1, -0.05) is 140 Å². The Kier molecular flexibility index (Phi) is 6.89. The largest absolute Gasteiger partial charge is 0.309 e. The molecule has 0 atom stereocenters. The molecule has 4 heteroatoms. The third kappa shape index (κ3) is 4.77. The van der Waals surface area contributed by atoms with E-state index in [1.54, 1.807) is 0 Å². The Bertz CT molecular complexity index is 3440. The fourth-order valence-corrected chi connectivity index (χ4v) is 9.16. The van der Waals surface area contributed by atoms with Gasteiger partial charge in [0.25, 0.3) is 0 Å². The number of aromatic nitrogens is 4. The monoisotopic (exact) mass is 726 g/mol. The number of para-hydroxylation sites is 4. The summed E-state index contributed by atoms with van der Waals surface area (Å²) in [6, 6.07) is 74.2. The highest BCUT2D eigenvalue weighted by Crippen LogP contribution is 2.43. The maximum absolute atomic E-state index is 5.36. The van der Waals surface area contributed by atoms with Crippen LogP contribution in [0.1, 0.15) is 0 Å². The molecule has 0 bridgehead atoms. The predicted octanol–water partition coefficient (Wildman–Crippen LogP) is 13.7. The zero-order valence-electron chi connectivity index (χ0n) is 30.9. The van der Waals surface area contributed by atoms with E-state index in [4.69, 9.17) is 4.98 Å². The van der Waals surface area contributed by atoms with Gasteiger partial charge in [0, 0.05) is 49.3 Å². The van der Waals surface area contributed by atoms with Crippen LogP contribution >= 0.6 is 0 Å². The number of rotatable bonds is 5. The van der Waals surface area contributed by atoms with Gasteiger partial charge in [0.2, 0.25) is 0 Å². The van der Waals surface area contributed by atoms with Gasteiger partial charge in [0.05, 0.1) is 38.8 Å². The molecule has 4 heterocycles. The van der Waals surface area contributed by atoms with Crippen LogP contribution in [0, 0.1) is 0 Å². The Morgan fingerprint density at radius 2 is 0.842 bits per heavy atom. The molecule has 0 aliphatic heterocycles. The molecule has 57 heavy (non-hydrogen) atoms. The molecule has 8 aromatic carbocycles. The van der Waals surface area contributed by atoms with Crippen molar-refractivity contribution in [2.45, 2.75) is 0 Å². The molecule has 0 spiro atoms. The number of nitrogens with zero attached hydrogens (tertiary/aromatic N) is 4. The van der Waals surface area contributed by atoms with Crippen molar-refractivity contribution >= 4 is 65.4 Å². The van der Waals surface area contributed by atoms with Crippen LogP contribution in [-0.4, -0.2) is 18.7 Å². The van der Waals surface area contributed by atoms with E-state index in [1.807, 2.05) is 0 Å². The number of benzene rings is 8. The summed E-state index contributed by atoms with van der Waals surface area (Å²) in [4.78, 5) is 5.36. The lowest BCUT2D eigenvalue weighted by Crippen LogP contribution is -2.00. The van der Waals surface area contributed by atoms with Crippen molar-refractivity contribution in [3.8, 4) is 39.6 Å². The van der Waals surface area contributed by atoms with E-state index < -0.39 is 0 Å². The number of hydrogen-bond acceptors (Lipinski definition) is 1. The average Bonchev–Trinajstić information content (AvgIpc) is 3.92. The highest BCUT2D eigenvalue weighted by Gasteiger charge is 2.22. The molecule has 4 aromatic heterocycles. The first-order chi connectivity index (χ1) is 28.3. The topological polar surface area (TPSA) is 27.7 Å². The summed E-state index contributed by atoms with van der Waals surface area (Å²) in [5, 5.41) is 7.36. The third-order valence-corrected chi connectivity index (χ3v) is 11.6. The summed E-state index contributed by atoms with van der Waals surface area (Å²) in [7, 11) is 0. The maximum atomic E-state index is 5.36. The average molecular weight is 727 g/mol. The Morgan fingerprint density at radius 3 is 1.56 bits per heavy atom. The van der Waals surface area contributed by atoms with E-state index in [-0.39, 0.29) is 0 Å². The van der Waals surface area contributed by atoms with Gasteiger partial charge in [0.15, 0.2) is 0 Å². The first-order valence-electron chi connectivity index (χ1n) is 19.5. The van der Waals surface area contributed by atoms with Gasteiger partial charge >= 0.3 is 0 Å². The highest BCUT2D eigenvalue weighted by molar-refractivity contribution is 6.26. The number of hydrogen-bond donors (Lipinski definition) is 0. The molecule has 12 aromatic rings. The first-order valence-corrected chi connectivity index (χ1v) is 19.5. The Labute approximate surface area is 328 Å². The Hall–Kier alpha value is -7.69. The first kappa shape index (κ1) is 31.6. The molecule has 0 N–H and O–H groups in total. The SMILES string of the molecule is c1ccc(-c2cc(-c3ccccc3)nc(-n3c4ccccc4c4cc(-n5c6ccccc6c6c5ccc5c7ccccc7n(-c7ccccc7)c56)ccc43)c2)cc1. The molecular weight excluding hydrogens is 693 g/mol. The molecule has 0 aliphatic rings. The minimum atomic E-state index is 0.891. The summed E-state index contributed by atoms with van der Waals surface area (Å²) >= 11 is 0. The minimum absolute atomic E-state index is 0.891. The van der Waals surface area contributed by atoms with Crippen molar-refractivity contribution in [3.63, 3.8) is 0 Å². The molecule has 0 saturated heterocycles. The van der Waals surface area contributed by atoms with E-state index in [0.717, 1.165) is 50.6 Å². The van der Waals surface area contributed by atoms with E-state index in [0.29, 0.717) is 0 Å². The summed E-state index contributed by atoms with van der Waals surface area (Å²) in [6.45, 7) is 0. The molecule has 0 unspecified atom stereocenters. The molecule has 0 aliphatic carbocycles. The van der Waals surface area contributed by atoms with Crippen molar-refractivity contribution in [1.82, 2.24) is 18.7 Å². The molecule has 266 valence electrons. The lowest BCUT2D eigenvalue weighted by atomic mass is 10.0. The normalized spacial score (nSPS) is 11.9. The van der Waals surface area contributed by atoms with E-state index in [9.17, 15) is 0 Å². The summed E-state index contributed by atoms with van der Waals surface area (Å²) in [5.41, 5.74) is 13.6. The fourth-order valence-electron chi connectivity index (χ4n) is 9.16. The molecular formula is C53H34N4. The van der Waals surface area contributed by atoms with Crippen LogP contribution in [0.3, 0.4) is 0 Å². The number of fused-ring (bicyclic) bond motifs is 10. The second kappa shape index (κ2) is 12.4. The smallest absolute Gasteiger partial charge is 0.138 e. The van der Waals surface area contributed by atoms with Crippen molar-refractivity contribution in [1.29, 1.82) is 0 Å². The van der Waals surface area contributed by atoms with Gasteiger partial charge in [-0.3, -0.25) is 4.57 Å². The van der Waals surface area contributed by atoms with Crippen molar-refractivity contribution < 1.29 is 0 Å². The quantitative estimate of drug-likeness (QED) is 0.174. The van der Waals surface area contributed by atoms with E-state index >= 15 is 0 Å². The van der Waals surface area contributed by atoms with Crippen LogP contribution < -0.4 is 0 Å². The molecule has 0 radical (unpaired) electrons. The zero-order chi connectivity index (χ0) is 37.5. The zero-order valence-corrected chi connectivity index (χ0v) is 30.9. The van der Waals surface area contributed by atoms with Crippen molar-refractivity contribution in [2.24, 2.45) is 0 Å². The maximum Gasteiger partial charge on any atom is 0.138 e. The van der Waals surface area contributed by atoms with Gasteiger partial charge < -0.3 is 9.13 Å². The molecule has 4 nitrogen and oxygen atoms in total. The van der Waals surface area contributed by atoms with Crippen LogP contribution in [0.2, 0.25) is 0 Å². The Morgan fingerprint density at radius 1 is 0.298 bits per heavy atom. The van der Waals surface area contributed by atoms with Crippen molar-refractivity contribution in [2.75, 3.05) is 0 Å². The molecule has 0 amide bonds. The van der Waals surface area contributed by atoms with Gasteiger partial charge in [0.1, 0.15) is 5.82 Å². The molecule has 12 rings (SSSR count). The van der Waals surface area contributed by atoms with E-state index in [1.165, 1.54) is 54.4 Å². The van der Waals surface area contributed by atoms with Crippen LogP contribution in [0.5, 0.6) is 0 Å². The molecule has 0 fully saturated rings. The lowest BCUT2D eigenvalue weighted by molar-refractivity contribution is 1.08. The summed E-state index contributed by atoms with van der Waals surface area (Å²) < 4.78 is 7.23. The van der Waals surface area contributed by atoms with Crippen molar-refractivity contribution in [3.05, 3.63) is 206 Å². The number of pyridine rings is 1. The van der Waals surface area contributed by atoms with Crippen LogP contribution in [0.25, 0.3) is 105 Å². The second-order valence-electron chi connectivity index (χ2n) is 14.8. The molecule has 0 saturated carbocycles. The summed E-state index contributed by atoms with van der Waals surface area (Å²) in [6.07, 6.45) is 0. The lowest BCUT2D eigenvalue weighted by Gasteiger charge is -2.13. The van der Waals surface area contributed by atoms with E-state index in [2.05, 4.69) is 220 Å². The van der Waals surface area contributed by atoms with Crippen LogP contribution in [0.15, 0.2) is 206 Å². The predicted molar refractivity (Wildman–Crippen MR) is 238 cm³/mol. The third-order valence-electron chi connectivity index (χ3n) is 11.6. The van der Waals surface area contributed by atoms with Gasteiger partial charge in [-0.15, -0.1) is 0 Å². The van der Waals surface area contributed by atoms with Gasteiger partial charge in [-0.05, 0) is 77.9 Å². The standard InChI is InChI=1S/C53H34N4/c1-4-16-35(17-5-1)37-32-45(36-18-6-2-7-19-36)54-51(33-37)57-47-26-14-11-23-41(47)44-34-39(28-30-49(44)57)55-48-27-15-12-24-43(48)52-50(55)31-29-42-40-22-10-13-25-46(40)56(53(42)52)38-20-8-3-9-21-38/h1-34H. The Balaban J connectivity index is 1.13.